The Morgan fingerprint density at radius 2 is 2.00 bits per heavy atom. The summed E-state index contributed by atoms with van der Waals surface area (Å²) in [4.78, 5) is 26.3. The molecule has 1 aromatic carbocycles. The van der Waals surface area contributed by atoms with E-state index < -0.39 is 0 Å². The maximum absolute atomic E-state index is 12.9. The third-order valence-electron chi connectivity index (χ3n) is 5.60. The van der Waals surface area contributed by atoms with Crippen molar-refractivity contribution in [3.63, 3.8) is 0 Å². The molecule has 0 radical (unpaired) electrons. The lowest BCUT2D eigenvalue weighted by Gasteiger charge is -2.36. The van der Waals surface area contributed by atoms with Gasteiger partial charge in [-0.2, -0.15) is 5.10 Å². The average Bonchev–Trinajstić information content (AvgIpc) is 3.50. The number of amides is 1. The van der Waals surface area contributed by atoms with E-state index in [9.17, 15) is 9.59 Å². The van der Waals surface area contributed by atoms with Crippen molar-refractivity contribution in [2.45, 2.75) is 43.6 Å². The van der Waals surface area contributed by atoms with Crippen LogP contribution in [0, 0.1) is 0 Å². The lowest BCUT2D eigenvalue weighted by molar-refractivity contribution is -0.123. The molecule has 1 amide bonds. The summed E-state index contributed by atoms with van der Waals surface area (Å²) in [6.45, 7) is 1.50. The molecule has 1 atom stereocenters. The molecule has 4 rings (SSSR count). The first kappa shape index (κ1) is 16.8. The molecule has 1 saturated carbocycles. The zero-order valence-electron chi connectivity index (χ0n) is 14.8. The number of aromatic nitrogens is 2. The van der Waals surface area contributed by atoms with Crippen LogP contribution in [0.4, 0.5) is 5.82 Å². The molecule has 1 aliphatic carbocycles. The van der Waals surface area contributed by atoms with E-state index in [0.29, 0.717) is 6.54 Å². The Morgan fingerprint density at radius 3 is 2.69 bits per heavy atom. The van der Waals surface area contributed by atoms with Gasteiger partial charge in [0.25, 0.3) is 5.56 Å². The molecule has 136 valence electrons. The number of anilines is 1. The Hall–Kier alpha value is -2.63. The number of hydrogen-bond acceptors (Lipinski definition) is 4. The number of H-pyrrole nitrogens is 1. The summed E-state index contributed by atoms with van der Waals surface area (Å²) in [6, 6.07) is 13.5. The number of aromatic amines is 1. The minimum absolute atomic E-state index is 0.128. The van der Waals surface area contributed by atoms with Gasteiger partial charge in [-0.1, -0.05) is 30.3 Å². The van der Waals surface area contributed by atoms with Crippen LogP contribution in [0.25, 0.3) is 0 Å². The van der Waals surface area contributed by atoms with Gasteiger partial charge >= 0.3 is 0 Å². The van der Waals surface area contributed by atoms with Gasteiger partial charge in [0.1, 0.15) is 5.82 Å². The number of hydrogen-bond donors (Lipinski definition) is 2. The highest BCUT2D eigenvalue weighted by atomic mass is 16.2. The first-order chi connectivity index (χ1) is 12.7. The minimum atomic E-state index is -0.336. The molecular weight excluding hydrogens is 328 g/mol. The fraction of sp³-hybridized carbons (Fsp3) is 0.450. The Morgan fingerprint density at radius 1 is 1.19 bits per heavy atom. The number of carbonyl (C=O) groups excluding carboxylic acids is 1. The van der Waals surface area contributed by atoms with Gasteiger partial charge in [-0.05, 0) is 43.7 Å². The van der Waals surface area contributed by atoms with Crippen molar-refractivity contribution in [1.82, 2.24) is 15.5 Å². The third kappa shape index (κ3) is 3.23. The van der Waals surface area contributed by atoms with Crippen molar-refractivity contribution in [3.05, 3.63) is 58.4 Å². The summed E-state index contributed by atoms with van der Waals surface area (Å²) < 4.78 is 0. The van der Waals surface area contributed by atoms with E-state index in [1.807, 2.05) is 30.3 Å². The van der Waals surface area contributed by atoms with Crippen molar-refractivity contribution in [1.29, 1.82) is 0 Å². The molecule has 1 aromatic heterocycles. The number of rotatable bonds is 5. The van der Waals surface area contributed by atoms with Crippen LogP contribution in [0.3, 0.4) is 0 Å². The molecule has 2 aliphatic rings. The molecule has 1 unspecified atom stereocenters. The summed E-state index contributed by atoms with van der Waals surface area (Å²) in [5.41, 5.74) is 0.575. The zero-order chi connectivity index (χ0) is 18.0. The summed E-state index contributed by atoms with van der Waals surface area (Å²) in [7, 11) is 0. The Bertz CT molecular complexity index is 809. The molecule has 1 aliphatic heterocycles. The van der Waals surface area contributed by atoms with Crippen LogP contribution in [-0.4, -0.2) is 35.2 Å². The number of benzene rings is 1. The lowest BCUT2D eigenvalue weighted by atomic mass is 9.94. The minimum Gasteiger partial charge on any atom is -0.353 e. The SMILES string of the molecule is O=C(NCC1CCCCN1c1ccc(=O)[nH]n1)C1(c2ccccc2)CC1. The highest BCUT2D eigenvalue weighted by molar-refractivity contribution is 5.91. The van der Waals surface area contributed by atoms with Crippen molar-refractivity contribution < 1.29 is 4.79 Å². The molecule has 0 bridgehead atoms. The fourth-order valence-electron chi connectivity index (χ4n) is 3.92. The standard InChI is InChI=1S/C20H24N4O2/c25-18-10-9-17(22-23-18)24-13-5-4-8-16(24)14-21-19(26)20(11-12-20)15-6-2-1-3-7-15/h1-3,6-7,9-10,16H,4-5,8,11-14H2,(H,21,26)(H,23,25). The van der Waals surface area contributed by atoms with E-state index in [-0.39, 0.29) is 22.9 Å². The third-order valence-corrected chi connectivity index (χ3v) is 5.60. The predicted molar refractivity (Wildman–Crippen MR) is 100 cm³/mol. The second kappa shape index (κ2) is 6.94. The summed E-state index contributed by atoms with van der Waals surface area (Å²) in [5, 5.41) is 9.85. The number of nitrogens with one attached hydrogen (secondary N) is 2. The number of piperidine rings is 1. The van der Waals surface area contributed by atoms with Crippen LogP contribution >= 0.6 is 0 Å². The van der Waals surface area contributed by atoms with E-state index in [1.54, 1.807) is 6.07 Å². The molecule has 0 spiro atoms. The van der Waals surface area contributed by atoms with E-state index in [0.717, 1.165) is 50.0 Å². The summed E-state index contributed by atoms with van der Waals surface area (Å²) >= 11 is 0. The van der Waals surface area contributed by atoms with Crippen LogP contribution in [0.15, 0.2) is 47.3 Å². The number of carbonyl (C=O) groups is 1. The average molecular weight is 352 g/mol. The topological polar surface area (TPSA) is 78.1 Å². The van der Waals surface area contributed by atoms with Crippen LogP contribution in [-0.2, 0) is 10.2 Å². The summed E-state index contributed by atoms with van der Waals surface area (Å²) in [6.07, 6.45) is 5.08. The molecule has 26 heavy (non-hydrogen) atoms. The normalized spacial score (nSPS) is 21.2. The van der Waals surface area contributed by atoms with Gasteiger partial charge in [0.2, 0.25) is 5.91 Å². The van der Waals surface area contributed by atoms with Crippen LogP contribution in [0.2, 0.25) is 0 Å². The number of nitrogens with zero attached hydrogens (tertiary/aromatic N) is 2. The molecule has 6 heteroatoms. The van der Waals surface area contributed by atoms with E-state index >= 15 is 0 Å². The molecule has 1 saturated heterocycles. The van der Waals surface area contributed by atoms with Gasteiger partial charge < -0.3 is 10.2 Å². The Balaban J connectivity index is 1.43. The van der Waals surface area contributed by atoms with Gasteiger partial charge in [0, 0.05) is 25.2 Å². The molecule has 2 heterocycles. The molecule has 6 nitrogen and oxygen atoms in total. The predicted octanol–water partition coefficient (Wildman–Crippen LogP) is 1.98. The first-order valence-corrected chi connectivity index (χ1v) is 9.35. The Kier molecular flexibility index (Phi) is 4.49. The quantitative estimate of drug-likeness (QED) is 0.862. The molecular formula is C20H24N4O2. The van der Waals surface area contributed by atoms with E-state index in [2.05, 4.69) is 20.4 Å². The zero-order valence-corrected chi connectivity index (χ0v) is 14.8. The molecule has 2 aromatic rings. The van der Waals surface area contributed by atoms with Gasteiger partial charge in [-0.15, -0.1) is 0 Å². The maximum atomic E-state index is 12.9. The maximum Gasteiger partial charge on any atom is 0.264 e. The lowest BCUT2D eigenvalue weighted by Crippen LogP contribution is -2.49. The van der Waals surface area contributed by atoms with Crippen molar-refractivity contribution in [2.75, 3.05) is 18.0 Å². The monoisotopic (exact) mass is 352 g/mol. The summed E-state index contributed by atoms with van der Waals surface area (Å²) in [5.74, 6) is 0.899. The highest BCUT2D eigenvalue weighted by Gasteiger charge is 2.51. The van der Waals surface area contributed by atoms with Gasteiger partial charge in [-0.25, -0.2) is 5.10 Å². The second-order valence-corrected chi connectivity index (χ2v) is 7.28. The van der Waals surface area contributed by atoms with Gasteiger partial charge in [-0.3, -0.25) is 9.59 Å². The first-order valence-electron chi connectivity index (χ1n) is 9.35. The molecule has 2 fully saturated rings. The van der Waals surface area contributed by atoms with Crippen LogP contribution in [0.5, 0.6) is 0 Å². The highest BCUT2D eigenvalue weighted by Crippen LogP contribution is 2.48. The van der Waals surface area contributed by atoms with Gasteiger partial charge in [0.15, 0.2) is 0 Å². The van der Waals surface area contributed by atoms with Crippen molar-refractivity contribution >= 4 is 11.7 Å². The van der Waals surface area contributed by atoms with Gasteiger partial charge in [0.05, 0.1) is 5.41 Å². The van der Waals surface area contributed by atoms with Crippen molar-refractivity contribution in [2.24, 2.45) is 0 Å². The van der Waals surface area contributed by atoms with E-state index in [4.69, 9.17) is 0 Å². The van der Waals surface area contributed by atoms with E-state index in [1.165, 1.54) is 6.07 Å². The fourth-order valence-corrected chi connectivity index (χ4v) is 3.92. The van der Waals surface area contributed by atoms with Crippen LogP contribution in [0.1, 0.15) is 37.7 Å². The smallest absolute Gasteiger partial charge is 0.264 e. The Labute approximate surface area is 152 Å². The second-order valence-electron chi connectivity index (χ2n) is 7.28. The van der Waals surface area contributed by atoms with Crippen molar-refractivity contribution in [3.8, 4) is 0 Å². The van der Waals surface area contributed by atoms with Crippen LogP contribution < -0.4 is 15.8 Å². The largest absolute Gasteiger partial charge is 0.353 e. The molecule has 2 N–H and O–H groups in total.